The first-order valence-electron chi connectivity index (χ1n) is 8.13. The fourth-order valence-corrected chi connectivity index (χ4v) is 4.28. The molecule has 3 fully saturated rings. The number of carbonyl (C=O) groups excluding carboxylic acids is 1. The van der Waals surface area contributed by atoms with Crippen LogP contribution in [0.2, 0.25) is 0 Å². The van der Waals surface area contributed by atoms with Gasteiger partial charge < -0.3 is 4.90 Å². The predicted molar refractivity (Wildman–Crippen MR) is 76.7 cm³/mol. The van der Waals surface area contributed by atoms with Gasteiger partial charge in [0.15, 0.2) is 0 Å². The van der Waals surface area contributed by atoms with Crippen LogP contribution in [0.5, 0.6) is 0 Å². The molecule has 1 saturated heterocycles. The van der Waals surface area contributed by atoms with Crippen molar-refractivity contribution in [1.82, 2.24) is 10.2 Å². The zero-order valence-corrected chi connectivity index (χ0v) is 12.7. The van der Waals surface area contributed by atoms with Crippen LogP contribution in [-0.4, -0.2) is 28.1 Å². The van der Waals surface area contributed by atoms with Gasteiger partial charge in [-0.3, -0.25) is 10.1 Å². The normalized spacial score (nSPS) is 30.6. The van der Waals surface area contributed by atoms with Gasteiger partial charge in [-0.15, -0.1) is 0 Å². The lowest BCUT2D eigenvalue weighted by molar-refractivity contribution is -0.139. The molecular formula is C16H28N2O. The van der Waals surface area contributed by atoms with Crippen LogP contribution < -0.4 is 5.32 Å². The van der Waals surface area contributed by atoms with Crippen molar-refractivity contribution in [2.45, 2.75) is 89.4 Å². The van der Waals surface area contributed by atoms with Crippen LogP contribution in [0.15, 0.2) is 0 Å². The number of hydrogen-bond acceptors (Lipinski definition) is 2. The largest absolute Gasteiger partial charge is 0.320 e. The molecule has 0 radical (unpaired) electrons. The van der Waals surface area contributed by atoms with Crippen LogP contribution in [0.4, 0.5) is 0 Å². The first kappa shape index (κ1) is 13.4. The minimum absolute atomic E-state index is 0.0377. The first-order chi connectivity index (χ1) is 9.01. The number of nitrogens with zero attached hydrogens (tertiary/aromatic N) is 1. The molecule has 0 aromatic rings. The van der Waals surface area contributed by atoms with Gasteiger partial charge in [0.1, 0.15) is 0 Å². The molecule has 3 nitrogen and oxygen atoms in total. The highest BCUT2D eigenvalue weighted by Gasteiger charge is 2.58. The molecule has 2 saturated carbocycles. The lowest BCUT2D eigenvalue weighted by Gasteiger charge is -2.40. The molecule has 3 aliphatic rings. The maximum atomic E-state index is 13.1. The topological polar surface area (TPSA) is 32.3 Å². The summed E-state index contributed by atoms with van der Waals surface area (Å²) in [5, 5.41) is 3.73. The quantitative estimate of drug-likeness (QED) is 0.846. The van der Waals surface area contributed by atoms with Gasteiger partial charge >= 0.3 is 0 Å². The highest BCUT2D eigenvalue weighted by molar-refractivity contribution is 5.90. The van der Waals surface area contributed by atoms with Crippen molar-refractivity contribution in [1.29, 1.82) is 0 Å². The van der Waals surface area contributed by atoms with Crippen molar-refractivity contribution in [2.75, 3.05) is 0 Å². The highest BCUT2D eigenvalue weighted by atomic mass is 16.2. The second-order valence-corrected chi connectivity index (χ2v) is 7.34. The van der Waals surface area contributed by atoms with Crippen molar-refractivity contribution >= 4 is 5.91 Å². The lowest BCUT2D eigenvalue weighted by Crippen LogP contribution is -2.53. The van der Waals surface area contributed by atoms with Gasteiger partial charge in [-0.05, 0) is 51.9 Å². The molecule has 1 aliphatic heterocycles. The van der Waals surface area contributed by atoms with Crippen LogP contribution in [0.25, 0.3) is 0 Å². The van der Waals surface area contributed by atoms with Crippen molar-refractivity contribution in [3.05, 3.63) is 0 Å². The summed E-state index contributed by atoms with van der Waals surface area (Å²) in [6.07, 6.45) is 9.58. The second-order valence-electron chi connectivity index (χ2n) is 7.34. The number of rotatable bonds is 4. The summed E-state index contributed by atoms with van der Waals surface area (Å²) in [6.45, 7) is 6.77. The zero-order valence-electron chi connectivity index (χ0n) is 12.7. The molecule has 3 heteroatoms. The van der Waals surface area contributed by atoms with E-state index in [0.717, 1.165) is 25.7 Å². The van der Waals surface area contributed by atoms with Gasteiger partial charge in [-0.25, -0.2) is 0 Å². The van der Waals surface area contributed by atoms with Gasteiger partial charge in [0.05, 0.1) is 11.7 Å². The highest BCUT2D eigenvalue weighted by Crippen LogP contribution is 2.48. The number of nitrogens with one attached hydrogen (secondary N) is 1. The molecule has 0 bridgehead atoms. The second kappa shape index (κ2) is 4.47. The average Bonchev–Trinajstić information content (AvgIpc) is 3.06. The summed E-state index contributed by atoms with van der Waals surface area (Å²) in [7, 11) is 0. The molecule has 1 N–H and O–H groups in total. The molecule has 1 heterocycles. The van der Waals surface area contributed by atoms with E-state index in [-0.39, 0.29) is 17.2 Å². The third-order valence-corrected chi connectivity index (χ3v) is 5.60. The summed E-state index contributed by atoms with van der Waals surface area (Å²) in [5.74, 6) is 1.12. The van der Waals surface area contributed by atoms with Crippen molar-refractivity contribution in [2.24, 2.45) is 5.92 Å². The van der Waals surface area contributed by atoms with Crippen LogP contribution in [0, 0.1) is 5.92 Å². The molecule has 19 heavy (non-hydrogen) atoms. The molecule has 1 spiro atoms. The van der Waals surface area contributed by atoms with E-state index in [1.807, 2.05) is 0 Å². The van der Waals surface area contributed by atoms with Gasteiger partial charge in [0, 0.05) is 5.54 Å². The standard InChI is InChI=1S/C16H28N2O/c1-4-7-13-17-16(10-5-6-11-16)14(19)18(13)15(2,3)12-8-9-12/h12-13,17H,4-11H2,1-3H3. The molecule has 108 valence electrons. The molecule has 1 amide bonds. The van der Waals surface area contributed by atoms with Crippen molar-refractivity contribution < 1.29 is 4.79 Å². The van der Waals surface area contributed by atoms with Crippen LogP contribution in [0.1, 0.15) is 72.1 Å². The lowest BCUT2D eigenvalue weighted by atomic mass is 9.92. The third-order valence-electron chi connectivity index (χ3n) is 5.60. The molecule has 1 unspecified atom stereocenters. The SMILES string of the molecule is CCCC1NC2(CCCC2)C(=O)N1C(C)(C)C1CC1. The third kappa shape index (κ3) is 2.01. The molecule has 3 rings (SSSR count). The summed E-state index contributed by atoms with van der Waals surface area (Å²) < 4.78 is 0. The van der Waals surface area contributed by atoms with Crippen LogP contribution >= 0.6 is 0 Å². The molecule has 1 atom stereocenters. The molecular weight excluding hydrogens is 236 g/mol. The van der Waals surface area contributed by atoms with E-state index in [1.165, 1.54) is 25.7 Å². The molecule has 2 aliphatic carbocycles. The van der Waals surface area contributed by atoms with Gasteiger partial charge in [0.25, 0.3) is 0 Å². The average molecular weight is 264 g/mol. The Labute approximate surface area is 117 Å². The number of hydrogen-bond donors (Lipinski definition) is 1. The molecule has 0 aromatic heterocycles. The Bertz CT molecular complexity index is 367. The van der Waals surface area contributed by atoms with Crippen LogP contribution in [0.3, 0.4) is 0 Å². The Hall–Kier alpha value is -0.570. The fraction of sp³-hybridized carbons (Fsp3) is 0.938. The summed E-state index contributed by atoms with van der Waals surface area (Å²) >= 11 is 0. The fourth-order valence-electron chi connectivity index (χ4n) is 4.28. The van der Waals surface area contributed by atoms with Crippen molar-refractivity contribution in [3.8, 4) is 0 Å². The minimum atomic E-state index is -0.202. The number of carbonyl (C=O) groups is 1. The van der Waals surface area contributed by atoms with E-state index >= 15 is 0 Å². The van der Waals surface area contributed by atoms with E-state index in [4.69, 9.17) is 0 Å². The Kier molecular flexibility index (Phi) is 3.16. The maximum Gasteiger partial charge on any atom is 0.244 e. The van der Waals surface area contributed by atoms with E-state index < -0.39 is 0 Å². The minimum Gasteiger partial charge on any atom is -0.320 e. The smallest absolute Gasteiger partial charge is 0.244 e. The van der Waals surface area contributed by atoms with E-state index in [9.17, 15) is 4.79 Å². The van der Waals surface area contributed by atoms with E-state index in [1.54, 1.807) is 0 Å². The van der Waals surface area contributed by atoms with Gasteiger partial charge in [-0.2, -0.15) is 0 Å². The zero-order chi connectivity index (χ0) is 13.7. The predicted octanol–water partition coefficient (Wildman–Crippen LogP) is 3.05. The summed E-state index contributed by atoms with van der Waals surface area (Å²) in [6, 6.07) is 0. The maximum absolute atomic E-state index is 13.1. The number of amides is 1. The Morgan fingerprint density at radius 1 is 1.32 bits per heavy atom. The summed E-state index contributed by atoms with van der Waals surface area (Å²) in [4.78, 5) is 15.3. The Morgan fingerprint density at radius 3 is 2.47 bits per heavy atom. The first-order valence-corrected chi connectivity index (χ1v) is 8.13. The van der Waals surface area contributed by atoms with Crippen LogP contribution in [-0.2, 0) is 4.79 Å². The van der Waals surface area contributed by atoms with E-state index in [2.05, 4.69) is 31.0 Å². The van der Waals surface area contributed by atoms with Gasteiger partial charge in [0.2, 0.25) is 5.91 Å². The summed E-state index contributed by atoms with van der Waals surface area (Å²) in [5.41, 5.74) is -0.165. The Morgan fingerprint density at radius 2 is 1.95 bits per heavy atom. The van der Waals surface area contributed by atoms with Crippen molar-refractivity contribution in [3.63, 3.8) is 0 Å². The van der Waals surface area contributed by atoms with E-state index in [0.29, 0.717) is 11.8 Å². The molecule has 0 aromatic carbocycles. The van der Waals surface area contributed by atoms with Gasteiger partial charge in [-0.1, -0.05) is 26.2 Å². The Balaban J connectivity index is 1.88. The monoisotopic (exact) mass is 264 g/mol.